The van der Waals surface area contributed by atoms with E-state index in [0.29, 0.717) is 16.6 Å². The number of carbonyl (C=O) groups excluding carboxylic acids is 1. The molecule has 2 fully saturated rings. The SMILES string of the molecule is NC(=O)c1cc2oncc2cc1N1CCC2(CC1)CC2. The lowest BCUT2D eigenvalue weighted by atomic mass is 9.93. The van der Waals surface area contributed by atoms with Gasteiger partial charge in [0.2, 0.25) is 0 Å². The lowest BCUT2D eigenvalue weighted by molar-refractivity contribution is 0.100. The molecule has 1 aliphatic heterocycles. The molecule has 2 N–H and O–H groups in total. The summed E-state index contributed by atoms with van der Waals surface area (Å²) in [5.74, 6) is -0.412. The third kappa shape index (κ3) is 1.77. The van der Waals surface area contributed by atoms with Crippen LogP contribution in [0.2, 0.25) is 0 Å². The monoisotopic (exact) mass is 271 g/mol. The topological polar surface area (TPSA) is 72.4 Å². The van der Waals surface area contributed by atoms with E-state index in [1.54, 1.807) is 12.3 Å². The van der Waals surface area contributed by atoms with E-state index in [-0.39, 0.29) is 0 Å². The van der Waals surface area contributed by atoms with Crippen molar-refractivity contribution < 1.29 is 9.32 Å². The molecule has 1 spiro atoms. The second kappa shape index (κ2) is 3.98. The lowest BCUT2D eigenvalue weighted by Crippen LogP contribution is -2.35. The zero-order valence-corrected chi connectivity index (χ0v) is 11.3. The van der Waals surface area contributed by atoms with Gasteiger partial charge in [0.25, 0.3) is 5.91 Å². The zero-order chi connectivity index (χ0) is 13.7. The van der Waals surface area contributed by atoms with E-state index in [2.05, 4.69) is 10.1 Å². The molecule has 2 aromatic rings. The summed E-state index contributed by atoms with van der Waals surface area (Å²) in [6.45, 7) is 1.99. The number of nitrogens with two attached hydrogens (primary N) is 1. The van der Waals surface area contributed by atoms with Crippen LogP contribution in [-0.4, -0.2) is 24.2 Å². The molecule has 0 unspecified atom stereocenters. The number of rotatable bonds is 2. The highest BCUT2D eigenvalue weighted by Crippen LogP contribution is 2.54. The number of anilines is 1. The summed E-state index contributed by atoms with van der Waals surface area (Å²) >= 11 is 0. The van der Waals surface area contributed by atoms with Crippen LogP contribution in [0, 0.1) is 5.41 Å². The summed E-state index contributed by atoms with van der Waals surface area (Å²) in [4.78, 5) is 14.0. The molecule has 0 atom stereocenters. The van der Waals surface area contributed by atoms with Gasteiger partial charge in [-0.2, -0.15) is 0 Å². The average Bonchev–Trinajstić information content (AvgIpc) is 3.03. The maximum atomic E-state index is 11.7. The molecule has 4 rings (SSSR count). The highest BCUT2D eigenvalue weighted by atomic mass is 16.5. The first-order valence-electron chi connectivity index (χ1n) is 7.10. The van der Waals surface area contributed by atoms with Crippen LogP contribution in [0.4, 0.5) is 5.69 Å². The van der Waals surface area contributed by atoms with Crippen molar-refractivity contribution in [1.29, 1.82) is 0 Å². The van der Waals surface area contributed by atoms with Gasteiger partial charge in [-0.05, 0) is 43.2 Å². The second-order valence-corrected chi connectivity index (χ2v) is 6.08. The van der Waals surface area contributed by atoms with E-state index in [4.69, 9.17) is 10.3 Å². The Hall–Kier alpha value is -2.04. The van der Waals surface area contributed by atoms with Gasteiger partial charge in [-0.25, -0.2) is 0 Å². The molecule has 20 heavy (non-hydrogen) atoms. The number of hydrogen-bond donors (Lipinski definition) is 1. The molecule has 0 radical (unpaired) electrons. The van der Waals surface area contributed by atoms with Gasteiger partial charge in [-0.15, -0.1) is 0 Å². The molecule has 5 nitrogen and oxygen atoms in total. The maximum absolute atomic E-state index is 11.7. The molecule has 5 heteroatoms. The third-order valence-corrected chi connectivity index (χ3v) is 4.86. The maximum Gasteiger partial charge on any atom is 0.250 e. The number of aromatic nitrogens is 1. The van der Waals surface area contributed by atoms with Crippen LogP contribution in [0.25, 0.3) is 11.0 Å². The van der Waals surface area contributed by atoms with E-state index < -0.39 is 5.91 Å². The summed E-state index contributed by atoms with van der Waals surface area (Å²) in [6, 6.07) is 3.68. The summed E-state index contributed by atoms with van der Waals surface area (Å²) in [7, 11) is 0. The summed E-state index contributed by atoms with van der Waals surface area (Å²) in [6.07, 6.45) is 6.85. The number of fused-ring (bicyclic) bond motifs is 1. The smallest absolute Gasteiger partial charge is 0.250 e. The van der Waals surface area contributed by atoms with E-state index in [1.165, 1.54) is 25.7 Å². The van der Waals surface area contributed by atoms with Gasteiger partial charge in [0, 0.05) is 18.5 Å². The minimum absolute atomic E-state index is 0.412. The Morgan fingerprint density at radius 2 is 2.00 bits per heavy atom. The quantitative estimate of drug-likeness (QED) is 0.909. The van der Waals surface area contributed by atoms with Crippen molar-refractivity contribution in [3.8, 4) is 0 Å². The average molecular weight is 271 g/mol. The van der Waals surface area contributed by atoms with Gasteiger partial charge in [0.05, 0.1) is 17.4 Å². The fraction of sp³-hybridized carbons (Fsp3) is 0.467. The molecule has 1 saturated carbocycles. The molecule has 1 amide bonds. The first-order chi connectivity index (χ1) is 9.67. The molecule has 0 bridgehead atoms. The second-order valence-electron chi connectivity index (χ2n) is 6.08. The number of hydrogen-bond acceptors (Lipinski definition) is 4. The summed E-state index contributed by atoms with van der Waals surface area (Å²) < 4.78 is 5.12. The summed E-state index contributed by atoms with van der Waals surface area (Å²) in [5.41, 5.74) is 8.19. The van der Waals surface area contributed by atoms with E-state index in [0.717, 1.165) is 24.2 Å². The van der Waals surface area contributed by atoms with Crippen LogP contribution in [0.5, 0.6) is 0 Å². The van der Waals surface area contributed by atoms with Crippen molar-refractivity contribution in [2.45, 2.75) is 25.7 Å². The van der Waals surface area contributed by atoms with Crippen molar-refractivity contribution in [3.63, 3.8) is 0 Å². The normalized spacial score (nSPS) is 20.5. The van der Waals surface area contributed by atoms with E-state index in [9.17, 15) is 4.79 Å². The highest BCUT2D eigenvalue weighted by Gasteiger charge is 2.44. The Balaban J connectivity index is 1.73. The van der Waals surface area contributed by atoms with E-state index in [1.807, 2.05) is 6.07 Å². The molecular weight excluding hydrogens is 254 g/mol. The van der Waals surface area contributed by atoms with Crippen LogP contribution < -0.4 is 10.6 Å². The van der Waals surface area contributed by atoms with Crippen LogP contribution in [0.15, 0.2) is 22.9 Å². The van der Waals surface area contributed by atoms with Crippen LogP contribution >= 0.6 is 0 Å². The van der Waals surface area contributed by atoms with E-state index >= 15 is 0 Å². The zero-order valence-electron chi connectivity index (χ0n) is 11.3. The minimum atomic E-state index is -0.412. The first kappa shape index (κ1) is 11.8. The number of benzene rings is 1. The summed E-state index contributed by atoms with van der Waals surface area (Å²) in [5, 5.41) is 4.69. The number of carbonyl (C=O) groups is 1. The molecule has 1 aromatic carbocycles. The fourth-order valence-electron chi connectivity index (χ4n) is 3.26. The third-order valence-electron chi connectivity index (χ3n) is 4.86. The van der Waals surface area contributed by atoms with Crippen LogP contribution in [-0.2, 0) is 0 Å². The van der Waals surface area contributed by atoms with Crippen molar-refractivity contribution in [2.24, 2.45) is 11.1 Å². The van der Waals surface area contributed by atoms with Gasteiger partial charge in [0.1, 0.15) is 0 Å². The molecule has 2 heterocycles. The Bertz CT molecular complexity index is 677. The molecule has 1 aliphatic carbocycles. The predicted molar refractivity (Wildman–Crippen MR) is 75.6 cm³/mol. The van der Waals surface area contributed by atoms with Crippen LogP contribution in [0.3, 0.4) is 0 Å². The Morgan fingerprint density at radius 1 is 1.25 bits per heavy atom. The molecule has 1 aromatic heterocycles. The highest BCUT2D eigenvalue weighted by molar-refractivity contribution is 6.02. The van der Waals surface area contributed by atoms with Crippen molar-refractivity contribution in [3.05, 3.63) is 23.9 Å². The van der Waals surface area contributed by atoms with Gasteiger partial charge < -0.3 is 15.2 Å². The molecule has 2 aliphatic rings. The predicted octanol–water partition coefficient (Wildman–Crippen LogP) is 2.31. The van der Waals surface area contributed by atoms with Crippen molar-refractivity contribution in [1.82, 2.24) is 5.16 Å². The number of primary amides is 1. The van der Waals surface area contributed by atoms with Gasteiger partial charge in [0.15, 0.2) is 5.58 Å². The largest absolute Gasteiger partial charge is 0.371 e. The fourth-order valence-corrected chi connectivity index (χ4v) is 3.26. The van der Waals surface area contributed by atoms with Crippen molar-refractivity contribution >= 4 is 22.6 Å². The molecule has 104 valence electrons. The minimum Gasteiger partial charge on any atom is -0.371 e. The van der Waals surface area contributed by atoms with Gasteiger partial charge >= 0.3 is 0 Å². The lowest BCUT2D eigenvalue weighted by Gasteiger charge is -2.34. The Morgan fingerprint density at radius 3 is 2.65 bits per heavy atom. The Kier molecular flexibility index (Phi) is 2.34. The first-order valence-corrected chi connectivity index (χ1v) is 7.10. The molecule has 1 saturated heterocycles. The number of amides is 1. The Labute approximate surface area is 116 Å². The van der Waals surface area contributed by atoms with Gasteiger partial charge in [-0.3, -0.25) is 4.79 Å². The van der Waals surface area contributed by atoms with Crippen molar-refractivity contribution in [2.75, 3.05) is 18.0 Å². The standard InChI is InChI=1S/C15H17N3O2/c16-14(19)11-8-13-10(9-17-20-13)7-12(11)18-5-3-15(1-2-15)4-6-18/h7-9H,1-6H2,(H2,16,19). The van der Waals surface area contributed by atoms with Gasteiger partial charge in [-0.1, -0.05) is 5.16 Å². The number of nitrogens with zero attached hydrogens (tertiary/aromatic N) is 2. The van der Waals surface area contributed by atoms with Crippen LogP contribution in [0.1, 0.15) is 36.0 Å². The number of piperidine rings is 1. The molecular formula is C15H17N3O2.